The summed E-state index contributed by atoms with van der Waals surface area (Å²) in [5.41, 5.74) is 5.94. The average Bonchev–Trinajstić information content (AvgIpc) is 2.86. The fraction of sp³-hybridized carbons (Fsp3) is 0.818. The van der Waals surface area contributed by atoms with Gasteiger partial charge in [0.05, 0.1) is 18.1 Å². The number of hydrogen-bond acceptors (Lipinski definition) is 5. The summed E-state index contributed by atoms with van der Waals surface area (Å²) in [6.07, 6.45) is 3.02. The predicted octanol–water partition coefficient (Wildman–Crippen LogP) is 1.76. The van der Waals surface area contributed by atoms with Gasteiger partial charge in [-0.2, -0.15) is 4.98 Å². The number of nitrogens with two attached hydrogens (primary N) is 1. The number of rotatable bonds is 4. The maximum atomic E-state index is 5.94. The summed E-state index contributed by atoms with van der Waals surface area (Å²) < 4.78 is 10.7. The largest absolute Gasteiger partial charge is 0.378 e. The maximum absolute atomic E-state index is 5.94. The first-order chi connectivity index (χ1) is 7.72. The van der Waals surface area contributed by atoms with Crippen molar-refractivity contribution in [3.8, 4) is 0 Å². The minimum atomic E-state index is -0.111. The normalized spacial score (nSPS) is 27.2. The summed E-state index contributed by atoms with van der Waals surface area (Å²) in [5.74, 6) is 1.53. The molecule has 1 fully saturated rings. The van der Waals surface area contributed by atoms with Gasteiger partial charge >= 0.3 is 0 Å². The van der Waals surface area contributed by atoms with Crippen LogP contribution in [0, 0.1) is 0 Å². The fourth-order valence-electron chi connectivity index (χ4n) is 2.04. The first-order valence-electron chi connectivity index (χ1n) is 5.93. The Morgan fingerprint density at radius 1 is 1.56 bits per heavy atom. The van der Waals surface area contributed by atoms with Crippen LogP contribution in [0.1, 0.15) is 56.8 Å². The lowest BCUT2D eigenvalue weighted by atomic mass is 10.0. The van der Waals surface area contributed by atoms with E-state index in [0.717, 1.165) is 25.9 Å². The summed E-state index contributed by atoms with van der Waals surface area (Å²) in [4.78, 5) is 4.38. The third-order valence-corrected chi connectivity index (χ3v) is 3.08. The van der Waals surface area contributed by atoms with Crippen LogP contribution in [0.3, 0.4) is 0 Å². The standard InChI is InChI=1S/C11H19N3O2/c1-3-4-9(12)10-13-11(16-14-10)8-5-6-15-7(8)2/h7-9H,3-6,12H2,1-2H3. The molecule has 0 aliphatic carbocycles. The quantitative estimate of drug-likeness (QED) is 0.845. The molecule has 1 aromatic heterocycles. The van der Waals surface area contributed by atoms with Crippen LogP contribution in [-0.2, 0) is 4.74 Å². The van der Waals surface area contributed by atoms with Crippen molar-refractivity contribution in [1.82, 2.24) is 10.1 Å². The summed E-state index contributed by atoms with van der Waals surface area (Å²) in [5, 5.41) is 3.95. The number of aromatic nitrogens is 2. The number of hydrogen-bond donors (Lipinski definition) is 1. The van der Waals surface area contributed by atoms with Crippen molar-refractivity contribution < 1.29 is 9.26 Å². The lowest BCUT2D eigenvalue weighted by Crippen LogP contribution is -2.13. The molecule has 16 heavy (non-hydrogen) atoms. The Morgan fingerprint density at radius 3 is 3.00 bits per heavy atom. The molecule has 0 saturated carbocycles. The molecular weight excluding hydrogens is 206 g/mol. The highest BCUT2D eigenvalue weighted by Gasteiger charge is 2.31. The second-order valence-corrected chi connectivity index (χ2v) is 4.36. The van der Waals surface area contributed by atoms with Gasteiger partial charge in [0.15, 0.2) is 5.82 Å². The molecule has 2 heterocycles. The van der Waals surface area contributed by atoms with Gasteiger partial charge in [-0.05, 0) is 19.8 Å². The molecule has 0 amide bonds. The van der Waals surface area contributed by atoms with Crippen molar-refractivity contribution in [1.29, 1.82) is 0 Å². The van der Waals surface area contributed by atoms with E-state index in [1.54, 1.807) is 0 Å². The highest BCUT2D eigenvalue weighted by atomic mass is 16.5. The lowest BCUT2D eigenvalue weighted by Gasteiger charge is -2.08. The SMILES string of the molecule is CCCC(N)c1noc(C2CCOC2C)n1. The summed E-state index contributed by atoms with van der Waals surface area (Å²) in [7, 11) is 0. The predicted molar refractivity (Wildman–Crippen MR) is 58.9 cm³/mol. The van der Waals surface area contributed by atoms with Crippen molar-refractivity contribution in [3.05, 3.63) is 11.7 Å². The molecule has 5 nitrogen and oxygen atoms in total. The Hall–Kier alpha value is -0.940. The molecule has 5 heteroatoms. The highest BCUT2D eigenvalue weighted by molar-refractivity contribution is 5.01. The Morgan fingerprint density at radius 2 is 2.38 bits per heavy atom. The summed E-state index contributed by atoms with van der Waals surface area (Å²) in [6, 6.07) is -0.111. The maximum Gasteiger partial charge on any atom is 0.232 e. The van der Waals surface area contributed by atoms with E-state index in [0.29, 0.717) is 11.7 Å². The third-order valence-electron chi connectivity index (χ3n) is 3.08. The molecule has 1 aliphatic heterocycles. The molecule has 1 saturated heterocycles. The molecule has 0 radical (unpaired) electrons. The molecule has 3 unspecified atom stereocenters. The Bertz CT molecular complexity index is 340. The molecule has 1 aliphatic rings. The molecule has 0 spiro atoms. The van der Waals surface area contributed by atoms with Crippen molar-refractivity contribution in [3.63, 3.8) is 0 Å². The third kappa shape index (κ3) is 2.25. The molecule has 90 valence electrons. The van der Waals surface area contributed by atoms with E-state index in [1.807, 2.05) is 6.92 Å². The van der Waals surface area contributed by atoms with Crippen LogP contribution in [0.2, 0.25) is 0 Å². The van der Waals surface area contributed by atoms with Gasteiger partial charge in [-0.15, -0.1) is 0 Å². The van der Waals surface area contributed by atoms with Crippen LogP contribution < -0.4 is 5.73 Å². The molecule has 1 aromatic rings. The molecule has 3 atom stereocenters. The number of nitrogens with zero attached hydrogens (tertiary/aromatic N) is 2. The van der Waals surface area contributed by atoms with Gasteiger partial charge in [-0.1, -0.05) is 18.5 Å². The Kier molecular flexibility index (Phi) is 3.56. The van der Waals surface area contributed by atoms with E-state index >= 15 is 0 Å². The van der Waals surface area contributed by atoms with Crippen LogP contribution in [0.5, 0.6) is 0 Å². The smallest absolute Gasteiger partial charge is 0.232 e. The van der Waals surface area contributed by atoms with Crippen molar-refractivity contribution in [2.75, 3.05) is 6.61 Å². The first-order valence-corrected chi connectivity index (χ1v) is 5.93. The second-order valence-electron chi connectivity index (χ2n) is 4.36. The van der Waals surface area contributed by atoms with Crippen LogP contribution in [0.25, 0.3) is 0 Å². The fourth-order valence-corrected chi connectivity index (χ4v) is 2.04. The van der Waals surface area contributed by atoms with Crippen molar-refractivity contribution in [2.45, 2.75) is 51.2 Å². The molecule has 0 aromatic carbocycles. The minimum absolute atomic E-state index is 0.111. The second kappa shape index (κ2) is 4.93. The molecule has 2 N–H and O–H groups in total. The van der Waals surface area contributed by atoms with Crippen LogP contribution in [0.4, 0.5) is 0 Å². The van der Waals surface area contributed by atoms with Crippen molar-refractivity contribution >= 4 is 0 Å². The van der Waals surface area contributed by atoms with Gasteiger partial charge in [0.1, 0.15) is 0 Å². The first kappa shape index (κ1) is 11.5. The zero-order chi connectivity index (χ0) is 11.5. The van der Waals surface area contributed by atoms with Crippen LogP contribution in [-0.4, -0.2) is 22.9 Å². The van der Waals surface area contributed by atoms with Crippen LogP contribution in [0.15, 0.2) is 4.52 Å². The highest BCUT2D eigenvalue weighted by Crippen LogP contribution is 2.30. The minimum Gasteiger partial charge on any atom is -0.378 e. The zero-order valence-corrected chi connectivity index (χ0v) is 9.85. The van der Waals surface area contributed by atoms with Gasteiger partial charge in [0, 0.05) is 6.61 Å². The Labute approximate surface area is 95.3 Å². The van der Waals surface area contributed by atoms with Gasteiger partial charge in [-0.25, -0.2) is 0 Å². The lowest BCUT2D eigenvalue weighted by molar-refractivity contribution is 0.113. The topological polar surface area (TPSA) is 74.2 Å². The molecule has 2 rings (SSSR count). The number of ether oxygens (including phenoxy) is 1. The molecular formula is C11H19N3O2. The van der Waals surface area contributed by atoms with Gasteiger partial charge < -0.3 is 15.0 Å². The van der Waals surface area contributed by atoms with Crippen LogP contribution >= 0.6 is 0 Å². The van der Waals surface area contributed by atoms with E-state index in [-0.39, 0.29) is 18.1 Å². The Balaban J connectivity index is 2.06. The van der Waals surface area contributed by atoms with Gasteiger partial charge in [0.25, 0.3) is 0 Å². The van der Waals surface area contributed by atoms with Gasteiger partial charge in [0.2, 0.25) is 5.89 Å². The average molecular weight is 225 g/mol. The monoisotopic (exact) mass is 225 g/mol. The van der Waals surface area contributed by atoms with E-state index in [1.165, 1.54) is 0 Å². The summed E-state index contributed by atoms with van der Waals surface area (Å²) >= 11 is 0. The van der Waals surface area contributed by atoms with E-state index in [9.17, 15) is 0 Å². The van der Waals surface area contributed by atoms with E-state index in [2.05, 4.69) is 17.1 Å². The zero-order valence-electron chi connectivity index (χ0n) is 9.85. The van der Waals surface area contributed by atoms with E-state index < -0.39 is 0 Å². The van der Waals surface area contributed by atoms with E-state index in [4.69, 9.17) is 15.0 Å². The van der Waals surface area contributed by atoms with Gasteiger partial charge in [-0.3, -0.25) is 0 Å². The summed E-state index contributed by atoms with van der Waals surface area (Å²) in [6.45, 7) is 4.89. The van der Waals surface area contributed by atoms with Crippen molar-refractivity contribution in [2.24, 2.45) is 5.73 Å². The molecule has 0 bridgehead atoms.